The van der Waals surface area contributed by atoms with E-state index in [0.717, 1.165) is 52.1 Å². The SMILES string of the molecule is C.COc1ccccc1CNCCN1c2ccccc2S(=O)c2ccc(C)c(C)c21. The highest BCUT2D eigenvalue weighted by molar-refractivity contribution is 7.85. The highest BCUT2D eigenvalue weighted by atomic mass is 32.2. The van der Waals surface area contributed by atoms with Gasteiger partial charge in [0.1, 0.15) is 5.75 Å². The van der Waals surface area contributed by atoms with Gasteiger partial charge in [0.2, 0.25) is 0 Å². The van der Waals surface area contributed by atoms with Crippen LogP contribution in [0, 0.1) is 13.8 Å². The monoisotopic (exact) mass is 422 g/mol. The van der Waals surface area contributed by atoms with Gasteiger partial charge in [-0.05, 0) is 49.2 Å². The van der Waals surface area contributed by atoms with Gasteiger partial charge in [0.25, 0.3) is 0 Å². The summed E-state index contributed by atoms with van der Waals surface area (Å²) in [6, 6.07) is 20.2. The van der Waals surface area contributed by atoms with Crippen molar-refractivity contribution in [1.29, 1.82) is 0 Å². The molecule has 5 heteroatoms. The fraction of sp³-hybridized carbons (Fsp3) is 0.280. The van der Waals surface area contributed by atoms with E-state index in [9.17, 15) is 4.21 Å². The average Bonchev–Trinajstić information content (AvgIpc) is 2.75. The molecular weight excluding hydrogens is 392 g/mol. The van der Waals surface area contributed by atoms with Crippen LogP contribution in [0.3, 0.4) is 0 Å². The minimum atomic E-state index is -1.15. The molecule has 1 heterocycles. The molecule has 1 unspecified atom stereocenters. The van der Waals surface area contributed by atoms with Gasteiger partial charge in [-0.25, -0.2) is 4.21 Å². The zero-order valence-electron chi connectivity index (χ0n) is 17.1. The Morgan fingerprint density at radius 3 is 2.50 bits per heavy atom. The van der Waals surface area contributed by atoms with E-state index in [-0.39, 0.29) is 7.43 Å². The Morgan fingerprint density at radius 1 is 0.967 bits per heavy atom. The van der Waals surface area contributed by atoms with E-state index < -0.39 is 10.8 Å². The van der Waals surface area contributed by atoms with Crippen LogP contribution >= 0.6 is 0 Å². The van der Waals surface area contributed by atoms with E-state index in [0.29, 0.717) is 0 Å². The van der Waals surface area contributed by atoms with Crippen molar-refractivity contribution >= 4 is 22.2 Å². The maximum absolute atomic E-state index is 13.2. The van der Waals surface area contributed by atoms with E-state index in [1.54, 1.807) is 7.11 Å². The number of benzene rings is 3. The van der Waals surface area contributed by atoms with Gasteiger partial charge in [-0.15, -0.1) is 0 Å². The molecule has 0 fully saturated rings. The van der Waals surface area contributed by atoms with Gasteiger partial charge in [0, 0.05) is 25.2 Å². The third-order valence-electron chi connectivity index (χ3n) is 5.51. The first-order chi connectivity index (χ1) is 14.1. The molecule has 1 aliphatic heterocycles. The summed E-state index contributed by atoms with van der Waals surface area (Å²) in [5.41, 5.74) is 5.66. The Labute approximate surface area is 182 Å². The van der Waals surface area contributed by atoms with Gasteiger partial charge in [-0.3, -0.25) is 0 Å². The largest absolute Gasteiger partial charge is 0.496 e. The van der Waals surface area contributed by atoms with E-state index in [1.807, 2.05) is 42.5 Å². The molecule has 4 rings (SSSR count). The summed E-state index contributed by atoms with van der Waals surface area (Å²) in [6.45, 7) is 6.56. The second-order valence-electron chi connectivity index (χ2n) is 7.23. The highest BCUT2D eigenvalue weighted by Crippen LogP contribution is 2.44. The Bertz CT molecular complexity index is 1060. The van der Waals surface area contributed by atoms with E-state index in [1.165, 1.54) is 11.1 Å². The number of nitrogens with zero attached hydrogens (tertiary/aromatic N) is 1. The number of hydrogen-bond donors (Lipinski definition) is 1. The van der Waals surface area contributed by atoms with Crippen molar-refractivity contribution in [2.24, 2.45) is 0 Å². The lowest BCUT2D eigenvalue weighted by Gasteiger charge is -2.34. The van der Waals surface area contributed by atoms with Gasteiger partial charge in [0.15, 0.2) is 0 Å². The van der Waals surface area contributed by atoms with E-state index in [4.69, 9.17) is 4.74 Å². The Hall–Kier alpha value is -2.63. The standard InChI is InChI=1S/C24H26N2O2S.CH4/c1-17-12-13-23-24(18(17)2)26(20-9-5-7-11-22(20)29(23)27)15-14-25-16-19-8-4-6-10-21(19)28-3;/h4-13,25H,14-16H2,1-3H3;1H4. The van der Waals surface area contributed by atoms with Crippen LogP contribution in [0.4, 0.5) is 11.4 Å². The summed E-state index contributed by atoms with van der Waals surface area (Å²) in [4.78, 5) is 4.09. The van der Waals surface area contributed by atoms with Gasteiger partial charge in [-0.2, -0.15) is 0 Å². The van der Waals surface area contributed by atoms with Crippen molar-refractivity contribution in [1.82, 2.24) is 5.32 Å². The Morgan fingerprint density at radius 2 is 1.70 bits per heavy atom. The maximum Gasteiger partial charge on any atom is 0.123 e. The summed E-state index contributed by atoms with van der Waals surface area (Å²) in [7, 11) is 0.551. The number of rotatable bonds is 6. The zero-order valence-corrected chi connectivity index (χ0v) is 17.9. The fourth-order valence-corrected chi connectivity index (χ4v) is 5.27. The molecule has 0 radical (unpaired) electrons. The van der Waals surface area contributed by atoms with Crippen LogP contribution in [0.5, 0.6) is 5.75 Å². The second kappa shape index (κ2) is 9.45. The van der Waals surface area contributed by atoms with Crippen LogP contribution in [0.1, 0.15) is 24.1 Å². The zero-order chi connectivity index (χ0) is 20.4. The molecule has 30 heavy (non-hydrogen) atoms. The van der Waals surface area contributed by atoms with Crippen molar-refractivity contribution in [2.45, 2.75) is 37.6 Å². The average molecular weight is 423 g/mol. The number of para-hydroxylation sites is 2. The van der Waals surface area contributed by atoms with Crippen LogP contribution in [-0.2, 0) is 17.3 Å². The minimum Gasteiger partial charge on any atom is -0.496 e. The number of hydrogen-bond acceptors (Lipinski definition) is 4. The number of methoxy groups -OCH3 is 1. The third-order valence-corrected chi connectivity index (χ3v) is 6.98. The molecule has 1 atom stereocenters. The molecule has 1 N–H and O–H groups in total. The predicted octanol–water partition coefficient (Wildman–Crippen LogP) is 5.36. The molecule has 0 amide bonds. The van der Waals surface area contributed by atoms with Gasteiger partial charge < -0.3 is 15.0 Å². The second-order valence-corrected chi connectivity index (χ2v) is 8.65. The van der Waals surface area contributed by atoms with Crippen LogP contribution in [-0.4, -0.2) is 24.4 Å². The summed E-state index contributed by atoms with van der Waals surface area (Å²) >= 11 is 0. The summed E-state index contributed by atoms with van der Waals surface area (Å²) in [5.74, 6) is 0.899. The first-order valence-corrected chi connectivity index (χ1v) is 11.0. The molecule has 3 aromatic carbocycles. The van der Waals surface area contributed by atoms with Crippen molar-refractivity contribution in [3.63, 3.8) is 0 Å². The predicted molar refractivity (Wildman–Crippen MR) is 125 cm³/mol. The molecule has 158 valence electrons. The number of ether oxygens (including phenoxy) is 1. The van der Waals surface area contributed by atoms with Crippen molar-refractivity contribution in [2.75, 3.05) is 25.1 Å². The van der Waals surface area contributed by atoms with E-state index in [2.05, 4.69) is 42.3 Å². The number of aryl methyl sites for hydroxylation is 1. The molecule has 0 saturated heterocycles. The summed E-state index contributed by atoms with van der Waals surface area (Å²) in [5, 5.41) is 3.53. The molecule has 0 saturated carbocycles. The molecule has 0 aliphatic carbocycles. The van der Waals surface area contributed by atoms with Gasteiger partial charge in [0.05, 0.1) is 39.1 Å². The first kappa shape index (κ1) is 22.1. The molecule has 0 spiro atoms. The van der Waals surface area contributed by atoms with Crippen molar-refractivity contribution in [3.8, 4) is 5.75 Å². The van der Waals surface area contributed by atoms with Gasteiger partial charge in [-0.1, -0.05) is 43.8 Å². The molecule has 0 aromatic heterocycles. The van der Waals surface area contributed by atoms with Gasteiger partial charge >= 0.3 is 0 Å². The van der Waals surface area contributed by atoms with Crippen LogP contribution in [0.25, 0.3) is 0 Å². The molecule has 0 bridgehead atoms. The molecule has 1 aliphatic rings. The molecule has 4 nitrogen and oxygen atoms in total. The smallest absolute Gasteiger partial charge is 0.123 e. The number of anilines is 2. The Kier molecular flexibility index (Phi) is 6.95. The maximum atomic E-state index is 13.2. The molecule has 3 aromatic rings. The summed E-state index contributed by atoms with van der Waals surface area (Å²) < 4.78 is 18.6. The van der Waals surface area contributed by atoms with E-state index >= 15 is 0 Å². The van der Waals surface area contributed by atoms with Crippen LogP contribution in [0.2, 0.25) is 0 Å². The van der Waals surface area contributed by atoms with Crippen LogP contribution in [0.15, 0.2) is 70.5 Å². The molecular formula is C25H30N2O2S. The topological polar surface area (TPSA) is 41.6 Å². The lowest BCUT2D eigenvalue weighted by Crippen LogP contribution is -2.32. The first-order valence-electron chi connectivity index (χ1n) is 9.83. The Balaban J connectivity index is 0.00000256. The lowest BCUT2D eigenvalue weighted by atomic mass is 10.1. The number of nitrogens with one attached hydrogen (secondary N) is 1. The lowest BCUT2D eigenvalue weighted by molar-refractivity contribution is 0.408. The van der Waals surface area contributed by atoms with Crippen molar-refractivity contribution < 1.29 is 8.95 Å². The number of fused-ring (bicyclic) bond motifs is 2. The van der Waals surface area contributed by atoms with Crippen LogP contribution < -0.4 is 15.0 Å². The highest BCUT2D eigenvalue weighted by Gasteiger charge is 2.29. The third kappa shape index (κ3) is 4.00. The summed E-state index contributed by atoms with van der Waals surface area (Å²) in [6.07, 6.45) is 0. The fourth-order valence-electron chi connectivity index (χ4n) is 3.83. The minimum absolute atomic E-state index is 0. The van der Waals surface area contributed by atoms with Crippen molar-refractivity contribution in [3.05, 3.63) is 77.4 Å². The normalized spacial score (nSPS) is 14.5. The quantitative estimate of drug-likeness (QED) is 0.543.